The van der Waals surface area contributed by atoms with Crippen LogP contribution in [0.15, 0.2) is 0 Å². The molecule has 76 valence electrons. The minimum absolute atomic E-state index is 0.213. The van der Waals surface area contributed by atoms with E-state index in [0.29, 0.717) is 6.04 Å². The van der Waals surface area contributed by atoms with Crippen LogP contribution in [0.3, 0.4) is 0 Å². The number of rotatable bonds is 3. The van der Waals surface area contributed by atoms with Crippen molar-refractivity contribution in [1.82, 2.24) is 10.2 Å². The Kier molecular flexibility index (Phi) is 2.86. The van der Waals surface area contributed by atoms with Crippen molar-refractivity contribution < 1.29 is 5.11 Å². The fraction of sp³-hybridized carbons (Fsp3) is 1.00. The zero-order valence-corrected chi connectivity index (χ0v) is 8.37. The van der Waals surface area contributed by atoms with E-state index in [1.54, 1.807) is 0 Å². The largest absolute Gasteiger partial charge is 0.392 e. The molecule has 0 saturated carbocycles. The van der Waals surface area contributed by atoms with Gasteiger partial charge in [-0.25, -0.2) is 0 Å². The lowest BCUT2D eigenvalue weighted by atomic mass is 10.1. The zero-order chi connectivity index (χ0) is 9.26. The summed E-state index contributed by atoms with van der Waals surface area (Å²) >= 11 is 0. The summed E-state index contributed by atoms with van der Waals surface area (Å²) in [4.78, 5) is 2.58. The van der Waals surface area contributed by atoms with E-state index in [0.717, 1.165) is 12.6 Å². The summed E-state index contributed by atoms with van der Waals surface area (Å²) in [5.41, 5.74) is 0. The number of nitrogens with one attached hydrogen (secondary N) is 1. The van der Waals surface area contributed by atoms with Crippen LogP contribution in [0.4, 0.5) is 0 Å². The molecule has 3 heteroatoms. The van der Waals surface area contributed by atoms with Gasteiger partial charge in [0.2, 0.25) is 0 Å². The van der Waals surface area contributed by atoms with Crippen LogP contribution in [-0.4, -0.2) is 47.8 Å². The lowest BCUT2D eigenvalue weighted by molar-refractivity contribution is 0.181. The van der Waals surface area contributed by atoms with Gasteiger partial charge in [-0.05, 0) is 32.7 Å². The Morgan fingerprint density at radius 2 is 2.31 bits per heavy atom. The minimum atomic E-state index is -0.213. The number of nitrogens with zero attached hydrogens (tertiary/aromatic N) is 1. The summed E-state index contributed by atoms with van der Waals surface area (Å²) in [7, 11) is 0. The molecule has 2 heterocycles. The smallest absolute Gasteiger partial charge is 0.0636 e. The first-order chi connectivity index (χ1) is 6.27. The van der Waals surface area contributed by atoms with Crippen molar-refractivity contribution in [1.29, 1.82) is 0 Å². The average molecular weight is 184 g/mol. The van der Waals surface area contributed by atoms with Crippen molar-refractivity contribution in [3.05, 3.63) is 0 Å². The number of aliphatic hydroxyl groups excluding tert-OH is 1. The summed E-state index contributed by atoms with van der Waals surface area (Å²) in [5.74, 6) is 0. The highest BCUT2D eigenvalue weighted by atomic mass is 16.3. The highest BCUT2D eigenvalue weighted by Gasteiger charge is 2.36. The van der Waals surface area contributed by atoms with Crippen LogP contribution in [0.2, 0.25) is 0 Å². The molecular formula is C10H20N2O. The Bertz CT molecular complexity index is 172. The molecule has 3 atom stereocenters. The van der Waals surface area contributed by atoms with Gasteiger partial charge >= 0.3 is 0 Å². The normalized spacial score (nSPS) is 36.5. The van der Waals surface area contributed by atoms with E-state index in [1.807, 2.05) is 6.92 Å². The lowest BCUT2D eigenvalue weighted by Crippen LogP contribution is -2.41. The second kappa shape index (κ2) is 3.95. The van der Waals surface area contributed by atoms with Crippen LogP contribution < -0.4 is 5.32 Å². The highest BCUT2D eigenvalue weighted by molar-refractivity contribution is 4.95. The van der Waals surface area contributed by atoms with Gasteiger partial charge in [0.1, 0.15) is 0 Å². The van der Waals surface area contributed by atoms with Gasteiger partial charge in [0, 0.05) is 25.2 Å². The predicted octanol–water partition coefficient (Wildman–Crippen LogP) is 0.194. The molecule has 0 aromatic carbocycles. The lowest BCUT2D eigenvalue weighted by Gasteiger charge is -2.21. The van der Waals surface area contributed by atoms with Gasteiger partial charge in [-0.2, -0.15) is 0 Å². The summed E-state index contributed by atoms with van der Waals surface area (Å²) in [5, 5.41) is 12.6. The molecule has 0 aromatic rings. The Morgan fingerprint density at radius 1 is 1.46 bits per heavy atom. The number of aliphatic hydroxyl groups is 1. The van der Waals surface area contributed by atoms with E-state index in [1.165, 1.54) is 32.4 Å². The molecule has 0 aliphatic carbocycles. The maximum atomic E-state index is 9.18. The van der Waals surface area contributed by atoms with Gasteiger partial charge in [-0.15, -0.1) is 0 Å². The second-order valence-electron chi connectivity index (χ2n) is 4.40. The number of hydrogen-bond donors (Lipinski definition) is 2. The fourth-order valence-electron chi connectivity index (χ4n) is 2.64. The average Bonchev–Trinajstić information content (AvgIpc) is 2.60. The van der Waals surface area contributed by atoms with E-state index < -0.39 is 0 Å². The van der Waals surface area contributed by atoms with E-state index in [9.17, 15) is 5.11 Å². The van der Waals surface area contributed by atoms with Gasteiger partial charge < -0.3 is 10.4 Å². The molecule has 13 heavy (non-hydrogen) atoms. The molecule has 0 spiro atoms. The molecule has 3 nitrogen and oxygen atoms in total. The molecule has 0 aromatic heterocycles. The summed E-state index contributed by atoms with van der Waals surface area (Å²) in [6.45, 7) is 5.13. The number of hydrogen-bond acceptors (Lipinski definition) is 3. The van der Waals surface area contributed by atoms with Gasteiger partial charge in [-0.1, -0.05) is 0 Å². The van der Waals surface area contributed by atoms with Crippen LogP contribution in [0, 0.1) is 0 Å². The first-order valence-corrected chi connectivity index (χ1v) is 5.43. The van der Waals surface area contributed by atoms with Gasteiger partial charge in [0.15, 0.2) is 0 Å². The summed E-state index contributed by atoms with van der Waals surface area (Å²) < 4.78 is 0. The summed E-state index contributed by atoms with van der Waals surface area (Å²) in [6, 6.07) is 1.40. The van der Waals surface area contributed by atoms with Gasteiger partial charge in [-0.3, -0.25) is 4.90 Å². The Morgan fingerprint density at radius 3 is 3.08 bits per heavy atom. The van der Waals surface area contributed by atoms with Crippen molar-refractivity contribution in [2.45, 2.75) is 44.4 Å². The standard InChI is InChI=1S/C10H20N2O/c1-8(13)7-11-9-4-6-12-5-2-3-10(9)12/h8-11,13H,2-7H2,1H3. The van der Waals surface area contributed by atoms with Crippen molar-refractivity contribution in [2.75, 3.05) is 19.6 Å². The minimum Gasteiger partial charge on any atom is -0.392 e. The van der Waals surface area contributed by atoms with Crippen LogP contribution in [-0.2, 0) is 0 Å². The zero-order valence-electron chi connectivity index (χ0n) is 8.37. The molecule has 2 aliphatic rings. The number of fused-ring (bicyclic) bond motifs is 1. The predicted molar refractivity (Wildman–Crippen MR) is 52.7 cm³/mol. The molecular weight excluding hydrogens is 164 g/mol. The van der Waals surface area contributed by atoms with Crippen molar-refractivity contribution in [2.24, 2.45) is 0 Å². The van der Waals surface area contributed by atoms with Gasteiger partial charge in [0.05, 0.1) is 6.10 Å². The third-order valence-corrected chi connectivity index (χ3v) is 3.28. The van der Waals surface area contributed by atoms with Crippen LogP contribution in [0.1, 0.15) is 26.2 Å². The van der Waals surface area contributed by atoms with E-state index in [2.05, 4.69) is 10.2 Å². The monoisotopic (exact) mass is 184 g/mol. The van der Waals surface area contributed by atoms with Crippen LogP contribution >= 0.6 is 0 Å². The van der Waals surface area contributed by atoms with E-state index in [4.69, 9.17) is 0 Å². The third-order valence-electron chi connectivity index (χ3n) is 3.28. The summed E-state index contributed by atoms with van der Waals surface area (Å²) in [6.07, 6.45) is 3.75. The highest BCUT2D eigenvalue weighted by Crippen LogP contribution is 2.27. The first kappa shape index (κ1) is 9.44. The van der Waals surface area contributed by atoms with Crippen molar-refractivity contribution >= 4 is 0 Å². The third kappa shape index (κ3) is 2.03. The topological polar surface area (TPSA) is 35.5 Å². The molecule has 0 amide bonds. The van der Waals surface area contributed by atoms with Gasteiger partial charge in [0.25, 0.3) is 0 Å². The Balaban J connectivity index is 1.80. The molecule has 3 unspecified atom stereocenters. The first-order valence-electron chi connectivity index (χ1n) is 5.43. The molecule has 2 saturated heterocycles. The quantitative estimate of drug-likeness (QED) is 0.657. The van der Waals surface area contributed by atoms with E-state index in [-0.39, 0.29) is 6.10 Å². The molecule has 0 radical (unpaired) electrons. The van der Waals surface area contributed by atoms with Crippen molar-refractivity contribution in [3.8, 4) is 0 Å². The maximum Gasteiger partial charge on any atom is 0.0636 e. The molecule has 0 bridgehead atoms. The Hall–Kier alpha value is -0.120. The second-order valence-corrected chi connectivity index (χ2v) is 4.40. The molecule has 2 rings (SSSR count). The molecule has 2 N–H and O–H groups in total. The van der Waals surface area contributed by atoms with Crippen molar-refractivity contribution in [3.63, 3.8) is 0 Å². The molecule has 2 aliphatic heterocycles. The van der Waals surface area contributed by atoms with Crippen LogP contribution in [0.25, 0.3) is 0 Å². The van der Waals surface area contributed by atoms with E-state index >= 15 is 0 Å². The SMILES string of the molecule is CC(O)CNC1CCN2CCCC12. The van der Waals surface area contributed by atoms with Crippen LogP contribution in [0.5, 0.6) is 0 Å². The maximum absolute atomic E-state index is 9.18. The molecule has 2 fully saturated rings. The fourth-order valence-corrected chi connectivity index (χ4v) is 2.64. The Labute approximate surface area is 80.1 Å².